The van der Waals surface area contributed by atoms with E-state index < -0.39 is 0 Å². The maximum atomic E-state index is 5.09. The zero-order valence-electron chi connectivity index (χ0n) is 23.7. The molecule has 0 aliphatic heterocycles. The zero-order valence-corrected chi connectivity index (χ0v) is 23.7. The van der Waals surface area contributed by atoms with E-state index in [0.717, 1.165) is 61.7 Å². The fraction of sp³-hybridized carbons (Fsp3) is 0. The number of para-hydroxylation sites is 4. The maximum absolute atomic E-state index is 5.09. The quantitative estimate of drug-likeness (QED) is 0.200. The summed E-state index contributed by atoms with van der Waals surface area (Å²) in [5.41, 5.74) is 9.57. The van der Waals surface area contributed by atoms with Gasteiger partial charge in [0.25, 0.3) is 0 Å². The number of hydrogen-bond acceptors (Lipinski definition) is 3. The smallest absolute Gasteiger partial charge is 0.168 e. The number of aromatic nitrogens is 5. The highest BCUT2D eigenvalue weighted by Crippen LogP contribution is 2.36. The fourth-order valence-electron chi connectivity index (χ4n) is 6.37. The predicted octanol–water partition coefficient (Wildman–Crippen LogP) is 9.38. The summed E-state index contributed by atoms with van der Waals surface area (Å²) in [5, 5.41) is 12.9. The number of rotatable bonds is 4. The lowest BCUT2D eigenvalue weighted by Crippen LogP contribution is -2.00. The lowest BCUT2D eigenvalue weighted by Gasteiger charge is -2.12. The number of benzene rings is 6. The minimum Gasteiger partial charge on any atom is -0.292 e. The maximum Gasteiger partial charge on any atom is 0.168 e. The largest absolute Gasteiger partial charge is 0.292 e. The van der Waals surface area contributed by atoms with Gasteiger partial charge in [-0.1, -0.05) is 115 Å². The molecule has 0 saturated heterocycles. The first kappa shape index (κ1) is 24.5. The predicted molar refractivity (Wildman–Crippen MR) is 179 cm³/mol. The van der Waals surface area contributed by atoms with E-state index >= 15 is 0 Å². The topological polar surface area (TPSA) is 48.0 Å². The van der Waals surface area contributed by atoms with Crippen LogP contribution in [-0.2, 0) is 0 Å². The Morgan fingerprint density at radius 2 is 1.00 bits per heavy atom. The molecule has 0 amide bonds. The van der Waals surface area contributed by atoms with Gasteiger partial charge in [-0.3, -0.25) is 8.97 Å². The number of hydrogen-bond donors (Lipinski definition) is 0. The third-order valence-corrected chi connectivity index (χ3v) is 8.44. The van der Waals surface area contributed by atoms with E-state index in [2.05, 4.69) is 128 Å². The van der Waals surface area contributed by atoms with Crippen LogP contribution in [0.2, 0.25) is 0 Å². The minimum absolute atomic E-state index is 0.803. The molecular weight excluding hydrogens is 538 g/mol. The average Bonchev–Trinajstić information content (AvgIpc) is 3.72. The van der Waals surface area contributed by atoms with E-state index in [1.165, 1.54) is 16.3 Å². The summed E-state index contributed by atoms with van der Waals surface area (Å²) in [5.74, 6) is 1.62. The van der Waals surface area contributed by atoms with Crippen molar-refractivity contribution in [3.05, 3.63) is 152 Å². The molecular formula is C39H25N5. The van der Waals surface area contributed by atoms with Crippen LogP contribution in [0.25, 0.3) is 77.9 Å². The number of fused-ring (bicyclic) bond motifs is 8. The molecule has 0 N–H and O–H groups in total. The van der Waals surface area contributed by atoms with Crippen molar-refractivity contribution in [2.75, 3.05) is 0 Å². The third-order valence-electron chi connectivity index (χ3n) is 8.44. The molecule has 6 aromatic carbocycles. The molecule has 0 radical (unpaired) electrons. The summed E-state index contributed by atoms with van der Waals surface area (Å²) in [7, 11) is 0. The standard InChI is InChI=1S/C39H25N5/c1-3-11-27(12-4-1)37-41-42-38(43(37)30-13-5-2-6-14-30)28-21-19-26(20-22-28)29-23-24-31-32-15-7-9-17-35(32)44-36-18-10-8-16-34(36)40-39(44)33(31)25-29/h1-25H. The van der Waals surface area contributed by atoms with Crippen LogP contribution in [-0.4, -0.2) is 24.1 Å². The molecule has 3 aromatic heterocycles. The highest BCUT2D eigenvalue weighted by atomic mass is 15.3. The van der Waals surface area contributed by atoms with Crippen molar-refractivity contribution in [3.63, 3.8) is 0 Å². The summed E-state index contributed by atoms with van der Waals surface area (Å²) >= 11 is 0. The third kappa shape index (κ3) is 3.76. The Kier molecular flexibility index (Phi) is 5.43. The Morgan fingerprint density at radius 3 is 1.77 bits per heavy atom. The van der Waals surface area contributed by atoms with Gasteiger partial charge in [0.05, 0.1) is 16.6 Å². The van der Waals surface area contributed by atoms with Crippen molar-refractivity contribution in [2.24, 2.45) is 0 Å². The molecule has 5 heteroatoms. The van der Waals surface area contributed by atoms with Crippen LogP contribution in [0.3, 0.4) is 0 Å². The number of pyridine rings is 1. The van der Waals surface area contributed by atoms with Crippen LogP contribution >= 0.6 is 0 Å². The Labute approximate surface area is 253 Å². The second-order valence-electron chi connectivity index (χ2n) is 11.0. The SMILES string of the molecule is c1ccc(-c2nnc(-c3ccc(-c4ccc5c6ccccc6n6c7ccccc7nc6c5c4)cc3)n2-c2ccccc2)cc1. The molecule has 0 fully saturated rings. The van der Waals surface area contributed by atoms with Gasteiger partial charge in [-0.05, 0) is 52.9 Å². The Hall–Kier alpha value is -6.07. The highest BCUT2D eigenvalue weighted by Gasteiger charge is 2.18. The minimum atomic E-state index is 0.803. The molecule has 0 aliphatic carbocycles. The molecule has 0 aliphatic rings. The molecule has 0 saturated carbocycles. The van der Waals surface area contributed by atoms with Gasteiger partial charge in [-0.25, -0.2) is 4.98 Å². The van der Waals surface area contributed by atoms with Crippen molar-refractivity contribution in [2.45, 2.75) is 0 Å². The summed E-state index contributed by atoms with van der Waals surface area (Å²) in [4.78, 5) is 5.09. The summed E-state index contributed by atoms with van der Waals surface area (Å²) < 4.78 is 4.42. The fourth-order valence-corrected chi connectivity index (χ4v) is 6.37. The Morgan fingerprint density at radius 1 is 0.409 bits per heavy atom. The van der Waals surface area contributed by atoms with Crippen LogP contribution in [0, 0.1) is 0 Å². The molecule has 0 spiro atoms. The first-order valence-corrected chi connectivity index (χ1v) is 14.7. The summed E-state index contributed by atoms with van der Waals surface area (Å²) in [6.07, 6.45) is 0. The lowest BCUT2D eigenvalue weighted by molar-refractivity contribution is 1.07. The molecule has 5 nitrogen and oxygen atoms in total. The van der Waals surface area contributed by atoms with Crippen LogP contribution < -0.4 is 0 Å². The Balaban J connectivity index is 1.19. The van der Waals surface area contributed by atoms with Gasteiger partial charge < -0.3 is 0 Å². The van der Waals surface area contributed by atoms with Crippen molar-refractivity contribution in [3.8, 4) is 39.6 Å². The van der Waals surface area contributed by atoms with Crippen molar-refractivity contribution in [1.82, 2.24) is 24.1 Å². The van der Waals surface area contributed by atoms with E-state index in [1.807, 2.05) is 42.5 Å². The summed E-state index contributed by atoms with van der Waals surface area (Å²) in [6.45, 7) is 0. The number of nitrogens with zero attached hydrogens (tertiary/aromatic N) is 5. The van der Waals surface area contributed by atoms with E-state index in [0.29, 0.717) is 0 Å². The van der Waals surface area contributed by atoms with Gasteiger partial charge in [-0.15, -0.1) is 10.2 Å². The van der Waals surface area contributed by atoms with E-state index in [1.54, 1.807) is 0 Å². The first-order valence-electron chi connectivity index (χ1n) is 14.7. The van der Waals surface area contributed by atoms with E-state index in [9.17, 15) is 0 Å². The second kappa shape index (κ2) is 9.75. The zero-order chi connectivity index (χ0) is 29.0. The lowest BCUT2D eigenvalue weighted by atomic mass is 9.98. The van der Waals surface area contributed by atoms with Crippen molar-refractivity contribution >= 4 is 38.4 Å². The van der Waals surface area contributed by atoms with Gasteiger partial charge >= 0.3 is 0 Å². The van der Waals surface area contributed by atoms with Gasteiger partial charge in [0.15, 0.2) is 11.6 Å². The molecule has 44 heavy (non-hydrogen) atoms. The Bertz CT molecular complexity index is 2470. The summed E-state index contributed by atoms with van der Waals surface area (Å²) in [6, 6.07) is 52.8. The molecule has 3 heterocycles. The monoisotopic (exact) mass is 563 g/mol. The molecule has 0 bridgehead atoms. The highest BCUT2D eigenvalue weighted by molar-refractivity contribution is 6.14. The van der Waals surface area contributed by atoms with Crippen molar-refractivity contribution in [1.29, 1.82) is 0 Å². The molecule has 9 rings (SSSR count). The van der Waals surface area contributed by atoms with Gasteiger partial charge in [-0.2, -0.15) is 0 Å². The molecule has 0 atom stereocenters. The second-order valence-corrected chi connectivity index (χ2v) is 11.0. The van der Waals surface area contributed by atoms with E-state index in [-0.39, 0.29) is 0 Å². The van der Waals surface area contributed by atoms with Crippen LogP contribution in [0.1, 0.15) is 0 Å². The normalized spacial score (nSPS) is 11.6. The van der Waals surface area contributed by atoms with Crippen LogP contribution in [0.4, 0.5) is 0 Å². The van der Waals surface area contributed by atoms with Crippen LogP contribution in [0.5, 0.6) is 0 Å². The first-order chi connectivity index (χ1) is 21.8. The molecule has 206 valence electrons. The van der Waals surface area contributed by atoms with Crippen LogP contribution in [0.15, 0.2) is 152 Å². The molecule has 0 unspecified atom stereocenters. The molecule has 9 aromatic rings. The van der Waals surface area contributed by atoms with Gasteiger partial charge in [0.2, 0.25) is 0 Å². The number of imidazole rings is 1. The van der Waals surface area contributed by atoms with Gasteiger partial charge in [0, 0.05) is 27.6 Å². The average molecular weight is 564 g/mol. The van der Waals surface area contributed by atoms with E-state index in [4.69, 9.17) is 4.98 Å². The van der Waals surface area contributed by atoms with Crippen molar-refractivity contribution < 1.29 is 0 Å². The van der Waals surface area contributed by atoms with Gasteiger partial charge in [0.1, 0.15) is 5.65 Å².